The number of imidazole rings is 1. The van der Waals surface area contributed by atoms with Crippen LogP contribution in [0.4, 0.5) is 0 Å². The van der Waals surface area contributed by atoms with Crippen LogP contribution in [-0.2, 0) is 23.0 Å². The number of Topliss-reactive ketones (excluding diaryl/α,β-unsaturated/α-hetero) is 1. The number of aromatic nitrogens is 2. The number of ether oxygens (including phenoxy) is 1. The fraction of sp³-hybridized carbons (Fsp3) is 0.636. The third kappa shape index (κ3) is 2.26. The Kier molecular flexibility index (Phi) is 2.86. The molecule has 1 aromatic rings. The molecule has 2 atom stereocenters. The molecule has 0 radical (unpaired) electrons. The van der Waals surface area contributed by atoms with Crippen molar-refractivity contribution >= 4 is 5.78 Å². The van der Waals surface area contributed by atoms with Crippen LogP contribution in [0, 0.1) is 5.92 Å². The van der Waals surface area contributed by atoms with Gasteiger partial charge in [0.1, 0.15) is 11.6 Å². The van der Waals surface area contributed by atoms with E-state index in [1.807, 2.05) is 24.7 Å². The average Bonchev–Trinajstić information content (AvgIpc) is 2.77. The van der Waals surface area contributed by atoms with Crippen LogP contribution in [0.2, 0.25) is 0 Å². The van der Waals surface area contributed by atoms with Gasteiger partial charge >= 0.3 is 0 Å². The first-order valence-corrected chi connectivity index (χ1v) is 5.27. The highest BCUT2D eigenvalue weighted by Gasteiger charge is 2.28. The second kappa shape index (κ2) is 4.14. The van der Waals surface area contributed by atoms with Gasteiger partial charge in [-0.15, -0.1) is 0 Å². The van der Waals surface area contributed by atoms with Crippen molar-refractivity contribution in [3.63, 3.8) is 0 Å². The molecule has 1 aliphatic rings. The van der Waals surface area contributed by atoms with Crippen LogP contribution in [0.3, 0.4) is 0 Å². The van der Waals surface area contributed by atoms with E-state index in [1.165, 1.54) is 0 Å². The van der Waals surface area contributed by atoms with Crippen LogP contribution in [0.25, 0.3) is 0 Å². The summed E-state index contributed by atoms with van der Waals surface area (Å²) in [5.74, 6) is 1.14. The van der Waals surface area contributed by atoms with Crippen molar-refractivity contribution in [1.29, 1.82) is 0 Å². The molecule has 1 fully saturated rings. The summed E-state index contributed by atoms with van der Waals surface area (Å²) in [6.07, 6.45) is 5.07. The van der Waals surface area contributed by atoms with Gasteiger partial charge in [0.15, 0.2) is 0 Å². The predicted molar refractivity (Wildman–Crippen MR) is 55.4 cm³/mol. The van der Waals surface area contributed by atoms with E-state index in [4.69, 9.17) is 4.74 Å². The molecule has 0 aromatic carbocycles. The second-order valence-electron chi connectivity index (χ2n) is 4.17. The molecule has 1 aromatic heterocycles. The summed E-state index contributed by atoms with van der Waals surface area (Å²) in [4.78, 5) is 16.0. The Hall–Kier alpha value is -1.16. The largest absolute Gasteiger partial charge is 0.378 e. The number of hydrogen-bond acceptors (Lipinski definition) is 3. The summed E-state index contributed by atoms with van der Waals surface area (Å²) in [6, 6.07) is 0. The van der Waals surface area contributed by atoms with Crippen molar-refractivity contribution in [1.82, 2.24) is 9.55 Å². The third-order valence-electron chi connectivity index (χ3n) is 2.91. The number of hydrogen-bond donors (Lipinski definition) is 0. The van der Waals surface area contributed by atoms with E-state index in [0.717, 1.165) is 12.2 Å². The predicted octanol–water partition coefficient (Wildman–Crippen LogP) is 0.957. The number of rotatable bonds is 3. The summed E-state index contributed by atoms with van der Waals surface area (Å²) in [5.41, 5.74) is 0. The minimum Gasteiger partial charge on any atom is -0.378 e. The normalized spacial score (nSPS) is 25.7. The number of aryl methyl sites for hydroxylation is 1. The van der Waals surface area contributed by atoms with Crippen LogP contribution in [-0.4, -0.2) is 28.0 Å². The summed E-state index contributed by atoms with van der Waals surface area (Å²) < 4.78 is 7.27. The molecule has 4 nitrogen and oxygen atoms in total. The molecule has 4 heteroatoms. The van der Waals surface area contributed by atoms with Gasteiger partial charge in [-0.3, -0.25) is 4.79 Å². The van der Waals surface area contributed by atoms with Gasteiger partial charge in [0.2, 0.25) is 0 Å². The van der Waals surface area contributed by atoms with E-state index in [-0.39, 0.29) is 17.8 Å². The molecule has 0 saturated carbocycles. The molecule has 0 amide bonds. The molecule has 2 unspecified atom stereocenters. The SMILES string of the molecule is CC1CC(C(=O)Cc2nccn2C)CO1. The highest BCUT2D eigenvalue weighted by molar-refractivity contribution is 5.83. The maximum atomic E-state index is 11.9. The summed E-state index contributed by atoms with van der Waals surface area (Å²) in [6.45, 7) is 2.58. The van der Waals surface area contributed by atoms with Crippen LogP contribution < -0.4 is 0 Å². The zero-order chi connectivity index (χ0) is 10.8. The molecule has 0 spiro atoms. The molecule has 0 N–H and O–H groups in total. The lowest BCUT2D eigenvalue weighted by molar-refractivity contribution is -0.122. The molecular weight excluding hydrogens is 192 g/mol. The lowest BCUT2D eigenvalue weighted by Gasteiger charge is -2.06. The molecule has 15 heavy (non-hydrogen) atoms. The third-order valence-corrected chi connectivity index (χ3v) is 2.91. The Morgan fingerprint density at radius 3 is 3.07 bits per heavy atom. The van der Waals surface area contributed by atoms with Gasteiger partial charge in [-0.25, -0.2) is 4.98 Å². The monoisotopic (exact) mass is 208 g/mol. The zero-order valence-corrected chi connectivity index (χ0v) is 9.14. The van der Waals surface area contributed by atoms with Crippen molar-refractivity contribution in [2.24, 2.45) is 13.0 Å². The van der Waals surface area contributed by atoms with Crippen LogP contribution >= 0.6 is 0 Å². The lowest BCUT2D eigenvalue weighted by Crippen LogP contribution is -2.18. The Morgan fingerprint density at radius 1 is 1.73 bits per heavy atom. The van der Waals surface area contributed by atoms with Crippen molar-refractivity contribution in [3.8, 4) is 0 Å². The topological polar surface area (TPSA) is 44.1 Å². The van der Waals surface area contributed by atoms with Crippen molar-refractivity contribution < 1.29 is 9.53 Å². The van der Waals surface area contributed by atoms with E-state index < -0.39 is 0 Å². The summed E-state index contributed by atoms with van der Waals surface area (Å²) in [5, 5.41) is 0. The van der Waals surface area contributed by atoms with Crippen LogP contribution in [0.5, 0.6) is 0 Å². The van der Waals surface area contributed by atoms with Gasteiger partial charge in [-0.05, 0) is 13.3 Å². The van der Waals surface area contributed by atoms with E-state index >= 15 is 0 Å². The van der Waals surface area contributed by atoms with Gasteiger partial charge in [-0.2, -0.15) is 0 Å². The molecule has 82 valence electrons. The molecule has 2 heterocycles. The van der Waals surface area contributed by atoms with Gasteiger partial charge in [0.25, 0.3) is 0 Å². The summed E-state index contributed by atoms with van der Waals surface area (Å²) >= 11 is 0. The van der Waals surface area contributed by atoms with E-state index in [9.17, 15) is 4.79 Å². The Labute approximate surface area is 89.3 Å². The van der Waals surface area contributed by atoms with Crippen molar-refractivity contribution in [2.45, 2.75) is 25.9 Å². The molecular formula is C11H16N2O2. The first-order valence-electron chi connectivity index (χ1n) is 5.27. The van der Waals surface area contributed by atoms with Crippen LogP contribution in [0.1, 0.15) is 19.2 Å². The minimum absolute atomic E-state index is 0.0664. The quantitative estimate of drug-likeness (QED) is 0.743. The van der Waals surface area contributed by atoms with Crippen molar-refractivity contribution in [3.05, 3.63) is 18.2 Å². The number of carbonyl (C=O) groups excluding carboxylic acids is 1. The first-order chi connectivity index (χ1) is 7.16. The average molecular weight is 208 g/mol. The Bertz CT molecular complexity index is 359. The van der Waals surface area contributed by atoms with Gasteiger partial charge in [-0.1, -0.05) is 0 Å². The first kappa shape index (κ1) is 10.4. The van der Waals surface area contributed by atoms with Gasteiger partial charge in [0.05, 0.1) is 19.1 Å². The van der Waals surface area contributed by atoms with E-state index in [0.29, 0.717) is 13.0 Å². The lowest BCUT2D eigenvalue weighted by atomic mass is 9.99. The van der Waals surface area contributed by atoms with Crippen LogP contribution in [0.15, 0.2) is 12.4 Å². The van der Waals surface area contributed by atoms with E-state index in [2.05, 4.69) is 4.98 Å². The highest BCUT2D eigenvalue weighted by Crippen LogP contribution is 2.20. The summed E-state index contributed by atoms with van der Waals surface area (Å²) in [7, 11) is 1.91. The molecule has 1 aliphatic heterocycles. The smallest absolute Gasteiger partial charge is 0.145 e. The minimum atomic E-state index is 0.0664. The van der Waals surface area contributed by atoms with Gasteiger partial charge in [0, 0.05) is 25.4 Å². The van der Waals surface area contributed by atoms with Crippen molar-refractivity contribution in [2.75, 3.05) is 6.61 Å². The molecule has 2 rings (SSSR count). The van der Waals surface area contributed by atoms with Gasteiger partial charge < -0.3 is 9.30 Å². The Morgan fingerprint density at radius 2 is 2.53 bits per heavy atom. The number of carbonyl (C=O) groups is 1. The maximum absolute atomic E-state index is 11.9. The molecule has 0 bridgehead atoms. The maximum Gasteiger partial charge on any atom is 0.145 e. The standard InChI is InChI=1S/C11H16N2O2/c1-8-5-9(7-15-8)10(14)6-11-12-3-4-13(11)2/h3-4,8-9H,5-7H2,1-2H3. The van der Waals surface area contributed by atoms with E-state index in [1.54, 1.807) is 6.20 Å². The molecule has 1 saturated heterocycles. The Balaban J connectivity index is 1.95. The fourth-order valence-electron chi connectivity index (χ4n) is 1.91. The zero-order valence-electron chi connectivity index (χ0n) is 9.14. The number of ketones is 1. The fourth-order valence-corrected chi connectivity index (χ4v) is 1.91. The second-order valence-corrected chi connectivity index (χ2v) is 4.17. The highest BCUT2D eigenvalue weighted by atomic mass is 16.5. The number of nitrogens with zero attached hydrogens (tertiary/aromatic N) is 2. The molecule has 0 aliphatic carbocycles.